The Morgan fingerprint density at radius 1 is 1.10 bits per heavy atom. The summed E-state index contributed by atoms with van der Waals surface area (Å²) < 4.78 is 30.1. The molecule has 2 saturated heterocycles. The number of nitrogens with zero attached hydrogens (tertiary/aromatic N) is 3. The lowest BCUT2D eigenvalue weighted by molar-refractivity contribution is -0.138. The summed E-state index contributed by atoms with van der Waals surface area (Å²) in [5.41, 5.74) is 2.58. The molecule has 1 atom stereocenters. The molecule has 0 aliphatic carbocycles. The standard InChI is InChI=1S/C24H33N3O3S/c1-4-21-22(19-9-7-17(2)8-10-19)31(29,30)25-23(21)26-14-11-20(12-15-26)24(28)27-13-5-6-18(3)16-27/h7-10,18,20H,4-6,11-16H2,1-3H3. The number of sulfonamides is 1. The summed E-state index contributed by atoms with van der Waals surface area (Å²) in [6.45, 7) is 9.25. The SMILES string of the molecule is CCC1=C(c2ccc(C)cc2)S(=O)(=O)N=C1N1CCC(C(=O)N2CCCC(C)C2)CC1. The number of carbonyl (C=O) groups is 1. The molecule has 1 aromatic rings. The monoisotopic (exact) mass is 443 g/mol. The fourth-order valence-electron chi connectivity index (χ4n) is 5.05. The highest BCUT2D eigenvalue weighted by Crippen LogP contribution is 2.36. The Bertz CT molecular complexity index is 1000. The predicted octanol–water partition coefficient (Wildman–Crippen LogP) is 3.83. The maximum absolute atomic E-state index is 13.0. The van der Waals surface area contributed by atoms with Gasteiger partial charge in [0.05, 0.1) is 0 Å². The molecule has 0 bridgehead atoms. The van der Waals surface area contributed by atoms with Crippen LogP contribution in [0.5, 0.6) is 0 Å². The Labute approximate surface area is 186 Å². The van der Waals surface area contributed by atoms with Crippen LogP contribution in [-0.2, 0) is 14.8 Å². The topological polar surface area (TPSA) is 70.0 Å². The zero-order valence-electron chi connectivity index (χ0n) is 18.8. The molecule has 0 radical (unpaired) electrons. The van der Waals surface area contributed by atoms with E-state index in [0.717, 1.165) is 43.5 Å². The van der Waals surface area contributed by atoms with Gasteiger partial charge in [-0.1, -0.05) is 43.7 Å². The number of rotatable bonds is 3. The Hall–Kier alpha value is -2.15. The van der Waals surface area contributed by atoms with Crippen molar-refractivity contribution in [1.29, 1.82) is 0 Å². The van der Waals surface area contributed by atoms with Crippen molar-refractivity contribution in [3.63, 3.8) is 0 Å². The first kappa shape index (κ1) is 22.1. The van der Waals surface area contributed by atoms with Crippen LogP contribution in [0.2, 0.25) is 0 Å². The summed E-state index contributed by atoms with van der Waals surface area (Å²) in [6.07, 6.45) is 4.39. The number of carbonyl (C=O) groups excluding carboxylic acids is 1. The third kappa shape index (κ3) is 4.43. The molecular formula is C24H33N3O3S. The third-order valence-electron chi connectivity index (χ3n) is 6.79. The van der Waals surface area contributed by atoms with Crippen LogP contribution in [0.1, 0.15) is 57.1 Å². The number of aryl methyl sites for hydroxylation is 1. The molecular weight excluding hydrogens is 410 g/mol. The summed E-state index contributed by atoms with van der Waals surface area (Å²) in [5, 5.41) is 0. The van der Waals surface area contributed by atoms with Crippen molar-refractivity contribution in [3.05, 3.63) is 41.0 Å². The van der Waals surface area contributed by atoms with Crippen molar-refractivity contribution >= 4 is 26.7 Å². The summed E-state index contributed by atoms with van der Waals surface area (Å²) in [7, 11) is -3.72. The Kier molecular flexibility index (Phi) is 6.24. The molecule has 6 nitrogen and oxygen atoms in total. The third-order valence-corrected chi connectivity index (χ3v) is 8.20. The van der Waals surface area contributed by atoms with E-state index in [0.29, 0.717) is 41.7 Å². The van der Waals surface area contributed by atoms with E-state index in [1.165, 1.54) is 6.42 Å². The van der Waals surface area contributed by atoms with Crippen LogP contribution < -0.4 is 0 Å². The molecule has 3 aliphatic rings. The maximum atomic E-state index is 13.0. The average Bonchev–Trinajstić information content (AvgIpc) is 3.04. The molecule has 1 aromatic carbocycles. The molecule has 7 heteroatoms. The van der Waals surface area contributed by atoms with Gasteiger partial charge in [0.1, 0.15) is 10.7 Å². The number of hydrogen-bond acceptors (Lipinski definition) is 4. The Morgan fingerprint density at radius 3 is 2.39 bits per heavy atom. The smallest absolute Gasteiger partial charge is 0.285 e. The van der Waals surface area contributed by atoms with Crippen LogP contribution in [0.3, 0.4) is 0 Å². The number of benzene rings is 1. The molecule has 0 saturated carbocycles. The second kappa shape index (κ2) is 8.77. The Morgan fingerprint density at radius 2 is 1.77 bits per heavy atom. The molecule has 1 unspecified atom stereocenters. The van der Waals surface area contributed by atoms with Crippen LogP contribution in [0.25, 0.3) is 4.91 Å². The van der Waals surface area contributed by atoms with E-state index in [9.17, 15) is 13.2 Å². The lowest BCUT2D eigenvalue weighted by Gasteiger charge is -2.37. The Balaban J connectivity index is 1.50. The number of hydrogen-bond donors (Lipinski definition) is 0. The minimum absolute atomic E-state index is 0.0331. The van der Waals surface area contributed by atoms with Gasteiger partial charge < -0.3 is 9.80 Å². The first-order valence-electron chi connectivity index (χ1n) is 11.5. The molecule has 3 aliphatic heterocycles. The van der Waals surface area contributed by atoms with Crippen LogP contribution in [0.15, 0.2) is 34.2 Å². The zero-order chi connectivity index (χ0) is 22.2. The fourth-order valence-corrected chi connectivity index (χ4v) is 6.58. The van der Waals surface area contributed by atoms with E-state index in [1.54, 1.807) is 0 Å². The molecule has 4 rings (SSSR count). The summed E-state index contributed by atoms with van der Waals surface area (Å²) in [5.74, 6) is 1.47. The molecule has 0 aromatic heterocycles. The normalized spacial score (nSPS) is 24.5. The first-order valence-corrected chi connectivity index (χ1v) is 12.9. The van der Waals surface area contributed by atoms with Gasteiger partial charge in [-0.15, -0.1) is 4.40 Å². The summed E-state index contributed by atoms with van der Waals surface area (Å²) in [6, 6.07) is 7.59. The van der Waals surface area contributed by atoms with Crippen molar-refractivity contribution in [2.75, 3.05) is 26.2 Å². The highest BCUT2D eigenvalue weighted by molar-refractivity contribution is 8.00. The number of piperidine rings is 2. The molecule has 2 fully saturated rings. The van der Waals surface area contributed by atoms with Gasteiger partial charge in [0.15, 0.2) is 0 Å². The highest BCUT2D eigenvalue weighted by Gasteiger charge is 2.37. The van der Waals surface area contributed by atoms with E-state index >= 15 is 0 Å². The van der Waals surface area contributed by atoms with E-state index < -0.39 is 10.0 Å². The van der Waals surface area contributed by atoms with E-state index in [-0.39, 0.29) is 11.8 Å². The second-order valence-corrected chi connectivity index (χ2v) is 10.8. The number of amides is 1. The summed E-state index contributed by atoms with van der Waals surface area (Å²) >= 11 is 0. The van der Waals surface area contributed by atoms with Gasteiger partial charge in [0.2, 0.25) is 5.91 Å². The van der Waals surface area contributed by atoms with Crippen molar-refractivity contribution < 1.29 is 13.2 Å². The average molecular weight is 444 g/mol. The van der Waals surface area contributed by atoms with E-state index in [1.807, 2.05) is 43.0 Å². The largest absolute Gasteiger partial charge is 0.356 e. The lowest BCUT2D eigenvalue weighted by Crippen LogP contribution is -2.47. The quantitative estimate of drug-likeness (QED) is 0.712. The van der Waals surface area contributed by atoms with Gasteiger partial charge in [0, 0.05) is 37.7 Å². The molecule has 31 heavy (non-hydrogen) atoms. The lowest BCUT2D eigenvalue weighted by atomic mass is 9.92. The van der Waals surface area contributed by atoms with Gasteiger partial charge in [-0.2, -0.15) is 8.42 Å². The molecule has 0 spiro atoms. The van der Waals surface area contributed by atoms with E-state index in [4.69, 9.17) is 0 Å². The molecule has 0 N–H and O–H groups in total. The van der Waals surface area contributed by atoms with Gasteiger partial charge in [-0.25, -0.2) is 0 Å². The van der Waals surface area contributed by atoms with Crippen molar-refractivity contribution in [3.8, 4) is 0 Å². The van der Waals surface area contributed by atoms with Gasteiger partial charge in [0.25, 0.3) is 10.0 Å². The first-order chi connectivity index (χ1) is 14.8. The number of likely N-dealkylation sites (tertiary alicyclic amines) is 2. The minimum atomic E-state index is -3.72. The molecule has 3 heterocycles. The number of amidine groups is 1. The molecule has 1 amide bonds. The summed E-state index contributed by atoms with van der Waals surface area (Å²) in [4.78, 5) is 17.4. The van der Waals surface area contributed by atoms with Gasteiger partial charge in [-0.05, 0) is 50.5 Å². The highest BCUT2D eigenvalue weighted by atomic mass is 32.2. The van der Waals surface area contributed by atoms with Crippen molar-refractivity contribution in [1.82, 2.24) is 9.80 Å². The van der Waals surface area contributed by atoms with Crippen LogP contribution in [0.4, 0.5) is 0 Å². The van der Waals surface area contributed by atoms with Crippen molar-refractivity contribution in [2.24, 2.45) is 16.2 Å². The van der Waals surface area contributed by atoms with Crippen LogP contribution in [0, 0.1) is 18.8 Å². The fraction of sp³-hybridized carbons (Fsp3) is 0.583. The van der Waals surface area contributed by atoms with E-state index in [2.05, 4.69) is 16.2 Å². The predicted molar refractivity (Wildman–Crippen MR) is 124 cm³/mol. The zero-order valence-corrected chi connectivity index (χ0v) is 19.6. The minimum Gasteiger partial charge on any atom is -0.356 e. The van der Waals surface area contributed by atoms with Crippen molar-refractivity contribution in [2.45, 2.75) is 52.9 Å². The van der Waals surface area contributed by atoms with Gasteiger partial charge >= 0.3 is 0 Å². The van der Waals surface area contributed by atoms with Crippen LogP contribution in [-0.4, -0.2) is 56.1 Å². The second-order valence-electron chi connectivity index (χ2n) is 9.21. The maximum Gasteiger partial charge on any atom is 0.285 e. The van der Waals surface area contributed by atoms with Gasteiger partial charge in [-0.3, -0.25) is 4.79 Å². The molecule has 168 valence electrons. The van der Waals surface area contributed by atoms with Crippen LogP contribution >= 0.6 is 0 Å².